The second-order valence-electron chi connectivity index (χ2n) is 5.11. The molecule has 0 spiro atoms. The van der Waals surface area contributed by atoms with Crippen molar-refractivity contribution in [2.45, 2.75) is 32.7 Å². The number of rotatable bonds is 5. The van der Waals surface area contributed by atoms with Crippen LogP contribution in [0.5, 0.6) is 0 Å². The zero-order valence-corrected chi connectivity index (χ0v) is 11.4. The van der Waals surface area contributed by atoms with Crippen LogP contribution in [0.4, 0.5) is 0 Å². The highest BCUT2D eigenvalue weighted by molar-refractivity contribution is 5.94. The van der Waals surface area contributed by atoms with Crippen LogP contribution in [-0.2, 0) is 6.54 Å². The van der Waals surface area contributed by atoms with Crippen LogP contribution in [0.25, 0.3) is 10.9 Å². The van der Waals surface area contributed by atoms with Crippen LogP contribution in [-0.4, -0.2) is 22.2 Å². The van der Waals surface area contributed by atoms with Crippen molar-refractivity contribution in [1.82, 2.24) is 4.57 Å². The molecule has 3 N–H and O–H groups in total. The fraction of sp³-hybridized carbons (Fsp3) is 0.400. The molecule has 0 radical (unpaired) electrons. The first-order valence-corrected chi connectivity index (χ1v) is 6.60. The molecule has 0 bridgehead atoms. The number of carboxylic acid groups (broad SMARTS) is 1. The maximum Gasteiger partial charge on any atom is 0.335 e. The van der Waals surface area contributed by atoms with Gasteiger partial charge in [-0.15, -0.1) is 0 Å². The van der Waals surface area contributed by atoms with Gasteiger partial charge in [0.15, 0.2) is 0 Å². The number of nitrogens with two attached hydrogens (primary N) is 1. The third kappa shape index (κ3) is 2.63. The van der Waals surface area contributed by atoms with Gasteiger partial charge in [-0.1, -0.05) is 19.9 Å². The average Bonchev–Trinajstić information content (AvgIpc) is 2.74. The number of carboxylic acids is 1. The van der Waals surface area contributed by atoms with E-state index in [1.54, 1.807) is 12.1 Å². The van der Waals surface area contributed by atoms with Crippen molar-refractivity contribution in [3.63, 3.8) is 0 Å². The predicted molar refractivity (Wildman–Crippen MR) is 76.7 cm³/mol. The SMILES string of the molecule is CC(C)c1cn(CCCN)c2cc(C(=O)O)ccc12. The second kappa shape index (κ2) is 5.45. The lowest BCUT2D eigenvalue weighted by Gasteiger charge is -2.04. The van der Waals surface area contributed by atoms with Gasteiger partial charge in [0.2, 0.25) is 0 Å². The Hall–Kier alpha value is -1.81. The average molecular weight is 260 g/mol. The zero-order chi connectivity index (χ0) is 14.0. The standard InChI is InChI=1S/C15H20N2O2/c1-10(2)13-9-17(7-3-6-16)14-8-11(15(18)19)4-5-12(13)14/h4-5,8-10H,3,6-7,16H2,1-2H3,(H,18,19). The molecule has 0 unspecified atom stereocenters. The number of aromatic nitrogens is 1. The van der Waals surface area contributed by atoms with Gasteiger partial charge in [0, 0.05) is 23.6 Å². The van der Waals surface area contributed by atoms with Crippen LogP contribution in [0.1, 0.15) is 42.1 Å². The molecule has 0 saturated heterocycles. The van der Waals surface area contributed by atoms with E-state index in [9.17, 15) is 4.79 Å². The second-order valence-corrected chi connectivity index (χ2v) is 5.11. The first-order chi connectivity index (χ1) is 9.04. The summed E-state index contributed by atoms with van der Waals surface area (Å²) in [5.41, 5.74) is 8.12. The molecular formula is C15H20N2O2. The molecule has 1 heterocycles. The Kier molecular flexibility index (Phi) is 3.90. The van der Waals surface area contributed by atoms with Crippen molar-refractivity contribution in [2.75, 3.05) is 6.54 Å². The van der Waals surface area contributed by atoms with E-state index >= 15 is 0 Å². The zero-order valence-electron chi connectivity index (χ0n) is 11.4. The number of carbonyl (C=O) groups is 1. The van der Waals surface area contributed by atoms with Gasteiger partial charge in [-0.05, 0) is 36.6 Å². The molecule has 0 atom stereocenters. The largest absolute Gasteiger partial charge is 0.478 e. The van der Waals surface area contributed by atoms with Crippen molar-refractivity contribution in [3.8, 4) is 0 Å². The van der Waals surface area contributed by atoms with E-state index in [0.29, 0.717) is 18.0 Å². The van der Waals surface area contributed by atoms with Crippen LogP contribution >= 0.6 is 0 Å². The van der Waals surface area contributed by atoms with Gasteiger partial charge in [0.25, 0.3) is 0 Å². The van der Waals surface area contributed by atoms with Crippen LogP contribution in [0.2, 0.25) is 0 Å². The molecule has 0 saturated carbocycles. The monoisotopic (exact) mass is 260 g/mol. The van der Waals surface area contributed by atoms with Gasteiger partial charge in [-0.25, -0.2) is 4.79 Å². The van der Waals surface area contributed by atoms with Gasteiger partial charge in [-0.3, -0.25) is 0 Å². The van der Waals surface area contributed by atoms with E-state index in [-0.39, 0.29) is 0 Å². The number of aryl methyl sites for hydroxylation is 1. The highest BCUT2D eigenvalue weighted by Gasteiger charge is 2.13. The number of aromatic carboxylic acids is 1. The molecule has 0 aliphatic rings. The molecule has 102 valence electrons. The Morgan fingerprint density at radius 2 is 2.16 bits per heavy atom. The molecule has 0 aliphatic heterocycles. The number of hydrogen-bond donors (Lipinski definition) is 2. The number of hydrogen-bond acceptors (Lipinski definition) is 2. The summed E-state index contributed by atoms with van der Waals surface area (Å²) in [6.45, 7) is 5.75. The molecule has 1 aromatic heterocycles. The van der Waals surface area contributed by atoms with Crippen LogP contribution in [0, 0.1) is 0 Å². The molecule has 4 nitrogen and oxygen atoms in total. The lowest BCUT2D eigenvalue weighted by molar-refractivity contribution is 0.0697. The molecule has 0 aliphatic carbocycles. The van der Waals surface area contributed by atoms with Gasteiger partial charge < -0.3 is 15.4 Å². The Morgan fingerprint density at radius 3 is 2.74 bits per heavy atom. The fourth-order valence-electron chi connectivity index (χ4n) is 2.36. The third-order valence-electron chi connectivity index (χ3n) is 3.39. The molecule has 0 amide bonds. The van der Waals surface area contributed by atoms with Crippen molar-refractivity contribution >= 4 is 16.9 Å². The van der Waals surface area contributed by atoms with Crippen LogP contribution in [0.15, 0.2) is 24.4 Å². The lowest BCUT2D eigenvalue weighted by Crippen LogP contribution is -2.05. The smallest absolute Gasteiger partial charge is 0.335 e. The number of benzene rings is 1. The van der Waals surface area contributed by atoms with E-state index in [1.165, 1.54) is 5.56 Å². The summed E-state index contributed by atoms with van der Waals surface area (Å²) in [6.07, 6.45) is 3.01. The van der Waals surface area contributed by atoms with E-state index < -0.39 is 5.97 Å². The molecular weight excluding hydrogens is 240 g/mol. The molecule has 4 heteroatoms. The summed E-state index contributed by atoms with van der Waals surface area (Å²) < 4.78 is 2.12. The maximum absolute atomic E-state index is 11.1. The van der Waals surface area contributed by atoms with Gasteiger partial charge in [-0.2, -0.15) is 0 Å². The summed E-state index contributed by atoms with van der Waals surface area (Å²) in [5, 5.41) is 10.2. The topological polar surface area (TPSA) is 68.2 Å². The Balaban J connectivity index is 2.58. The number of fused-ring (bicyclic) bond motifs is 1. The predicted octanol–water partition coefficient (Wildman–Crippen LogP) is 2.81. The van der Waals surface area contributed by atoms with Gasteiger partial charge >= 0.3 is 5.97 Å². The van der Waals surface area contributed by atoms with Gasteiger partial charge in [0.05, 0.1) is 5.56 Å². The first kappa shape index (κ1) is 13.6. The van der Waals surface area contributed by atoms with Crippen molar-refractivity contribution < 1.29 is 9.90 Å². The Bertz CT molecular complexity index is 599. The fourth-order valence-corrected chi connectivity index (χ4v) is 2.36. The summed E-state index contributed by atoms with van der Waals surface area (Å²) in [7, 11) is 0. The van der Waals surface area contributed by atoms with E-state index in [0.717, 1.165) is 23.9 Å². The third-order valence-corrected chi connectivity index (χ3v) is 3.39. The summed E-state index contributed by atoms with van der Waals surface area (Å²) >= 11 is 0. The van der Waals surface area contributed by atoms with Crippen molar-refractivity contribution in [2.24, 2.45) is 5.73 Å². The van der Waals surface area contributed by atoms with E-state index in [4.69, 9.17) is 10.8 Å². The minimum absolute atomic E-state index is 0.329. The maximum atomic E-state index is 11.1. The van der Waals surface area contributed by atoms with Crippen molar-refractivity contribution in [1.29, 1.82) is 0 Å². The summed E-state index contributed by atoms with van der Waals surface area (Å²) in [4.78, 5) is 11.1. The highest BCUT2D eigenvalue weighted by Crippen LogP contribution is 2.28. The normalized spacial score (nSPS) is 11.4. The molecule has 2 rings (SSSR count). The van der Waals surface area contributed by atoms with E-state index in [2.05, 4.69) is 24.6 Å². The number of nitrogens with zero attached hydrogens (tertiary/aromatic N) is 1. The van der Waals surface area contributed by atoms with Crippen molar-refractivity contribution in [3.05, 3.63) is 35.5 Å². The minimum atomic E-state index is -0.889. The Labute approximate surface area is 112 Å². The van der Waals surface area contributed by atoms with Crippen LogP contribution in [0.3, 0.4) is 0 Å². The first-order valence-electron chi connectivity index (χ1n) is 6.60. The van der Waals surface area contributed by atoms with Crippen LogP contribution < -0.4 is 5.73 Å². The summed E-state index contributed by atoms with van der Waals surface area (Å²) in [6, 6.07) is 5.33. The minimum Gasteiger partial charge on any atom is -0.478 e. The molecule has 1 aromatic carbocycles. The lowest BCUT2D eigenvalue weighted by atomic mass is 10.0. The molecule has 2 aromatic rings. The molecule has 0 fully saturated rings. The van der Waals surface area contributed by atoms with Gasteiger partial charge in [0.1, 0.15) is 0 Å². The molecule has 19 heavy (non-hydrogen) atoms. The Morgan fingerprint density at radius 1 is 1.42 bits per heavy atom. The quantitative estimate of drug-likeness (QED) is 0.868. The highest BCUT2D eigenvalue weighted by atomic mass is 16.4. The summed E-state index contributed by atoms with van der Waals surface area (Å²) in [5.74, 6) is -0.475. The van der Waals surface area contributed by atoms with E-state index in [1.807, 2.05) is 6.07 Å².